The van der Waals surface area contributed by atoms with E-state index in [2.05, 4.69) is 0 Å². The third-order valence-corrected chi connectivity index (χ3v) is 2.74. The van der Waals surface area contributed by atoms with Crippen LogP contribution in [0.3, 0.4) is 0 Å². The molecular weight excluding hydrogens is 186 g/mol. The summed E-state index contributed by atoms with van der Waals surface area (Å²) in [7, 11) is 1.64. The third kappa shape index (κ3) is 1.52. The summed E-state index contributed by atoms with van der Waals surface area (Å²) in [4.78, 5) is 0. The second-order valence-electron chi connectivity index (χ2n) is 3.37. The second kappa shape index (κ2) is 3.20. The van der Waals surface area contributed by atoms with E-state index in [4.69, 9.17) is 22.1 Å². The van der Waals surface area contributed by atoms with Crippen molar-refractivity contribution < 1.29 is 4.74 Å². The molecule has 2 nitrogen and oxygen atoms in total. The van der Waals surface area contributed by atoms with Crippen molar-refractivity contribution in [2.24, 2.45) is 5.73 Å². The van der Waals surface area contributed by atoms with Crippen molar-refractivity contribution in [1.82, 2.24) is 0 Å². The fourth-order valence-electron chi connectivity index (χ4n) is 1.61. The minimum absolute atomic E-state index is 0.285. The fourth-order valence-corrected chi connectivity index (χ4v) is 1.86. The Morgan fingerprint density at radius 2 is 2.23 bits per heavy atom. The minimum Gasteiger partial charge on any atom is -0.495 e. The largest absolute Gasteiger partial charge is 0.495 e. The van der Waals surface area contributed by atoms with Gasteiger partial charge in [0.05, 0.1) is 12.1 Å². The summed E-state index contributed by atoms with van der Waals surface area (Å²) in [5, 5.41) is 0.666. The number of methoxy groups -OCH3 is 1. The first-order chi connectivity index (χ1) is 6.24. The molecule has 0 unspecified atom stereocenters. The average Bonchev–Trinajstić information content (AvgIpc) is 2.82. The number of halogens is 1. The molecule has 70 valence electrons. The van der Waals surface area contributed by atoms with Crippen LogP contribution < -0.4 is 10.5 Å². The van der Waals surface area contributed by atoms with E-state index in [1.165, 1.54) is 0 Å². The fraction of sp³-hybridized carbons (Fsp3) is 0.400. The van der Waals surface area contributed by atoms with Crippen molar-refractivity contribution in [3.8, 4) is 5.75 Å². The summed E-state index contributed by atoms with van der Waals surface area (Å²) < 4.78 is 5.24. The van der Waals surface area contributed by atoms with Crippen molar-refractivity contribution in [2.75, 3.05) is 7.11 Å². The highest BCUT2D eigenvalue weighted by molar-refractivity contribution is 6.32. The topological polar surface area (TPSA) is 35.2 Å². The zero-order valence-corrected chi connectivity index (χ0v) is 8.21. The van der Waals surface area contributed by atoms with E-state index < -0.39 is 0 Å². The number of para-hydroxylation sites is 1. The maximum Gasteiger partial charge on any atom is 0.140 e. The highest BCUT2D eigenvalue weighted by Crippen LogP contribution is 2.45. The van der Waals surface area contributed by atoms with Gasteiger partial charge in [0.25, 0.3) is 0 Å². The van der Waals surface area contributed by atoms with E-state index in [1.54, 1.807) is 7.11 Å². The predicted molar refractivity (Wildman–Crippen MR) is 53.3 cm³/mol. The zero-order valence-electron chi connectivity index (χ0n) is 7.46. The van der Waals surface area contributed by atoms with E-state index in [-0.39, 0.29) is 6.04 Å². The molecule has 0 aromatic heterocycles. The van der Waals surface area contributed by atoms with Crippen molar-refractivity contribution in [3.63, 3.8) is 0 Å². The molecule has 0 spiro atoms. The molecule has 2 atom stereocenters. The van der Waals surface area contributed by atoms with Crippen LogP contribution in [0, 0.1) is 0 Å². The highest BCUT2D eigenvalue weighted by atomic mass is 35.5. The van der Waals surface area contributed by atoms with Gasteiger partial charge in [-0.15, -0.1) is 0 Å². The summed E-state index contributed by atoms with van der Waals surface area (Å²) in [6.45, 7) is 0. The van der Waals surface area contributed by atoms with Gasteiger partial charge >= 0.3 is 0 Å². The van der Waals surface area contributed by atoms with E-state index in [9.17, 15) is 0 Å². The minimum atomic E-state index is 0.285. The molecule has 0 amide bonds. The normalized spacial score (nSPS) is 25.8. The number of hydrogen-bond donors (Lipinski definition) is 1. The lowest BCUT2D eigenvalue weighted by Crippen LogP contribution is -2.02. The van der Waals surface area contributed by atoms with Gasteiger partial charge in [0.2, 0.25) is 0 Å². The van der Waals surface area contributed by atoms with Crippen LogP contribution in [0.25, 0.3) is 0 Å². The molecule has 1 aromatic rings. The Balaban J connectivity index is 2.38. The van der Waals surface area contributed by atoms with E-state index in [0.717, 1.165) is 17.7 Å². The number of rotatable bonds is 2. The molecule has 13 heavy (non-hydrogen) atoms. The zero-order chi connectivity index (χ0) is 9.42. The van der Waals surface area contributed by atoms with Crippen LogP contribution in [-0.4, -0.2) is 13.2 Å². The average molecular weight is 198 g/mol. The molecule has 0 heterocycles. The van der Waals surface area contributed by atoms with Gasteiger partial charge in [-0.05, 0) is 12.5 Å². The Kier molecular flexibility index (Phi) is 2.18. The van der Waals surface area contributed by atoms with Gasteiger partial charge in [-0.1, -0.05) is 23.7 Å². The predicted octanol–water partition coefficient (Wildman–Crippen LogP) is 2.16. The van der Waals surface area contributed by atoms with Crippen LogP contribution in [0.4, 0.5) is 0 Å². The molecule has 1 aliphatic rings. The molecule has 3 heteroatoms. The SMILES string of the molecule is COc1c(Cl)cccc1[C@@H]1C[C@H]1N. The lowest BCUT2D eigenvalue weighted by atomic mass is 10.1. The van der Waals surface area contributed by atoms with Gasteiger partial charge in [-0.25, -0.2) is 0 Å². The number of nitrogens with two attached hydrogens (primary N) is 1. The molecule has 0 aliphatic heterocycles. The Morgan fingerprint density at radius 3 is 2.77 bits per heavy atom. The van der Waals surface area contributed by atoms with Crippen molar-refractivity contribution in [1.29, 1.82) is 0 Å². The molecule has 0 saturated heterocycles. The summed E-state index contributed by atoms with van der Waals surface area (Å²) in [6, 6.07) is 6.08. The molecular formula is C10H12ClNO. The maximum absolute atomic E-state index is 5.98. The molecule has 0 radical (unpaired) electrons. The molecule has 1 aromatic carbocycles. The smallest absolute Gasteiger partial charge is 0.140 e. The van der Waals surface area contributed by atoms with E-state index in [1.807, 2.05) is 18.2 Å². The lowest BCUT2D eigenvalue weighted by Gasteiger charge is -2.08. The van der Waals surface area contributed by atoms with Gasteiger partial charge in [-0.3, -0.25) is 0 Å². The van der Waals surface area contributed by atoms with Crippen molar-refractivity contribution in [3.05, 3.63) is 28.8 Å². The van der Waals surface area contributed by atoms with E-state index in [0.29, 0.717) is 10.9 Å². The van der Waals surface area contributed by atoms with Crippen molar-refractivity contribution >= 4 is 11.6 Å². The first-order valence-corrected chi connectivity index (χ1v) is 4.70. The van der Waals surface area contributed by atoms with Crippen LogP contribution >= 0.6 is 11.6 Å². The first kappa shape index (κ1) is 8.85. The van der Waals surface area contributed by atoms with Crippen LogP contribution in [0.2, 0.25) is 5.02 Å². The van der Waals surface area contributed by atoms with E-state index >= 15 is 0 Å². The monoisotopic (exact) mass is 197 g/mol. The van der Waals surface area contributed by atoms with Crippen LogP contribution in [-0.2, 0) is 0 Å². The molecule has 1 aliphatic carbocycles. The van der Waals surface area contributed by atoms with Crippen LogP contribution in [0.5, 0.6) is 5.75 Å². The lowest BCUT2D eigenvalue weighted by molar-refractivity contribution is 0.410. The summed E-state index contributed by atoms with van der Waals surface area (Å²) >= 11 is 5.98. The summed E-state index contributed by atoms with van der Waals surface area (Å²) in [5.74, 6) is 1.22. The molecule has 1 fully saturated rings. The Labute approximate surface area is 82.6 Å². The summed E-state index contributed by atoms with van der Waals surface area (Å²) in [6.07, 6.45) is 1.04. The Morgan fingerprint density at radius 1 is 1.54 bits per heavy atom. The van der Waals surface area contributed by atoms with Gasteiger partial charge in [-0.2, -0.15) is 0 Å². The van der Waals surface area contributed by atoms with Gasteiger partial charge in [0, 0.05) is 17.5 Å². The Hall–Kier alpha value is -0.730. The molecule has 1 saturated carbocycles. The summed E-state index contributed by atoms with van der Waals surface area (Å²) in [5.41, 5.74) is 6.91. The van der Waals surface area contributed by atoms with Gasteiger partial charge in [0.15, 0.2) is 0 Å². The highest BCUT2D eigenvalue weighted by Gasteiger charge is 2.37. The standard InChI is InChI=1S/C10H12ClNO/c1-13-10-6(7-5-9(7)12)3-2-4-8(10)11/h2-4,7,9H,5,12H2,1H3/t7-,9+/m0/s1. The second-order valence-corrected chi connectivity index (χ2v) is 3.78. The molecule has 2 rings (SSSR count). The maximum atomic E-state index is 5.98. The third-order valence-electron chi connectivity index (χ3n) is 2.44. The van der Waals surface area contributed by atoms with Crippen molar-refractivity contribution in [2.45, 2.75) is 18.4 Å². The van der Waals surface area contributed by atoms with Gasteiger partial charge in [0.1, 0.15) is 5.75 Å². The first-order valence-electron chi connectivity index (χ1n) is 4.32. The van der Waals surface area contributed by atoms with Gasteiger partial charge < -0.3 is 10.5 Å². The Bertz CT molecular complexity index is 327. The number of ether oxygens (including phenoxy) is 1. The number of hydrogen-bond acceptors (Lipinski definition) is 2. The van der Waals surface area contributed by atoms with Crippen LogP contribution in [0.1, 0.15) is 17.9 Å². The molecule has 0 bridgehead atoms. The molecule has 2 N–H and O–H groups in total. The van der Waals surface area contributed by atoms with Crippen LogP contribution in [0.15, 0.2) is 18.2 Å². The quantitative estimate of drug-likeness (QED) is 0.789. The number of benzene rings is 1.